The molecule has 2 aliphatic rings. The first-order valence-electron chi connectivity index (χ1n) is 7.08. The van der Waals surface area contributed by atoms with Crippen LogP contribution in [0.5, 0.6) is 5.75 Å². The summed E-state index contributed by atoms with van der Waals surface area (Å²) in [6.07, 6.45) is 4.49. The third-order valence-electron chi connectivity index (χ3n) is 3.60. The number of hydrogen-bond donors (Lipinski definition) is 1. The monoisotopic (exact) mass is 281 g/mol. The van der Waals surface area contributed by atoms with E-state index in [9.17, 15) is 0 Å². The Kier molecular flexibility index (Phi) is 4.26. The Morgan fingerprint density at radius 2 is 2.21 bits per heavy atom. The summed E-state index contributed by atoms with van der Waals surface area (Å²) in [7, 11) is 0. The van der Waals surface area contributed by atoms with E-state index in [-0.39, 0.29) is 0 Å². The van der Waals surface area contributed by atoms with Crippen LogP contribution in [0, 0.1) is 0 Å². The van der Waals surface area contributed by atoms with Crippen LogP contribution < -0.4 is 10.1 Å². The molecule has 1 aliphatic heterocycles. The number of fused-ring (bicyclic) bond motifs is 1. The van der Waals surface area contributed by atoms with Crippen LogP contribution >= 0.6 is 11.6 Å². The highest BCUT2D eigenvalue weighted by Crippen LogP contribution is 2.33. The van der Waals surface area contributed by atoms with Gasteiger partial charge in [-0.1, -0.05) is 11.6 Å². The minimum Gasteiger partial charge on any atom is -0.493 e. The molecule has 104 valence electrons. The van der Waals surface area contributed by atoms with E-state index in [1.807, 2.05) is 12.1 Å². The normalized spacial score (nSPS) is 17.3. The van der Waals surface area contributed by atoms with E-state index in [4.69, 9.17) is 21.1 Å². The van der Waals surface area contributed by atoms with Crippen LogP contribution in [-0.4, -0.2) is 32.4 Å². The molecule has 1 N–H and O–H groups in total. The van der Waals surface area contributed by atoms with Gasteiger partial charge in [0.05, 0.1) is 19.8 Å². The van der Waals surface area contributed by atoms with Gasteiger partial charge in [-0.3, -0.25) is 0 Å². The molecule has 3 rings (SSSR count). The third kappa shape index (κ3) is 3.62. The maximum absolute atomic E-state index is 6.13. The molecule has 1 aromatic rings. The largest absolute Gasteiger partial charge is 0.493 e. The summed E-state index contributed by atoms with van der Waals surface area (Å²) in [5.74, 6) is 1.03. The van der Waals surface area contributed by atoms with Crippen LogP contribution in [0.25, 0.3) is 0 Å². The predicted molar refractivity (Wildman–Crippen MR) is 76.2 cm³/mol. The minimum atomic E-state index is 0.725. The lowest BCUT2D eigenvalue weighted by Crippen LogP contribution is -2.22. The van der Waals surface area contributed by atoms with Gasteiger partial charge >= 0.3 is 0 Å². The molecule has 0 radical (unpaired) electrons. The van der Waals surface area contributed by atoms with Gasteiger partial charge in [0.25, 0.3) is 0 Å². The Labute approximate surface area is 119 Å². The molecule has 0 aromatic heterocycles. The lowest BCUT2D eigenvalue weighted by molar-refractivity contribution is 0.138. The van der Waals surface area contributed by atoms with E-state index in [1.54, 1.807) is 0 Å². The van der Waals surface area contributed by atoms with Crippen molar-refractivity contribution in [1.82, 2.24) is 5.32 Å². The van der Waals surface area contributed by atoms with Crippen LogP contribution in [0.15, 0.2) is 12.1 Å². The average molecular weight is 282 g/mol. The fraction of sp³-hybridized carbons (Fsp3) is 0.600. The van der Waals surface area contributed by atoms with Crippen molar-refractivity contribution in [3.8, 4) is 5.75 Å². The molecule has 0 atom stereocenters. The fourth-order valence-electron chi connectivity index (χ4n) is 2.44. The molecule has 4 heteroatoms. The highest BCUT2D eigenvalue weighted by atomic mass is 35.5. The average Bonchev–Trinajstić information content (AvgIpc) is 3.09. The van der Waals surface area contributed by atoms with Crippen molar-refractivity contribution in [2.45, 2.75) is 31.7 Å². The molecule has 1 fully saturated rings. The quantitative estimate of drug-likeness (QED) is 0.780. The molecule has 1 aliphatic carbocycles. The third-order valence-corrected chi connectivity index (χ3v) is 3.82. The number of ether oxygens (including phenoxy) is 2. The molecule has 0 bridgehead atoms. The summed E-state index contributed by atoms with van der Waals surface area (Å²) >= 11 is 6.13. The second-order valence-electron chi connectivity index (χ2n) is 5.24. The van der Waals surface area contributed by atoms with E-state index < -0.39 is 0 Å². The van der Waals surface area contributed by atoms with Crippen molar-refractivity contribution in [3.05, 3.63) is 28.3 Å². The Balaban J connectivity index is 1.44. The topological polar surface area (TPSA) is 30.5 Å². The van der Waals surface area contributed by atoms with Crippen molar-refractivity contribution in [2.75, 3.05) is 26.4 Å². The molecule has 3 nitrogen and oxygen atoms in total. The van der Waals surface area contributed by atoms with Crippen molar-refractivity contribution in [2.24, 2.45) is 0 Å². The fourth-order valence-corrected chi connectivity index (χ4v) is 2.70. The van der Waals surface area contributed by atoms with Crippen LogP contribution in [0.1, 0.15) is 24.0 Å². The van der Waals surface area contributed by atoms with E-state index in [2.05, 4.69) is 5.32 Å². The Hall–Kier alpha value is -0.770. The summed E-state index contributed by atoms with van der Waals surface area (Å²) in [5.41, 5.74) is 2.41. The number of benzene rings is 1. The smallest absolute Gasteiger partial charge is 0.125 e. The zero-order chi connectivity index (χ0) is 13.1. The van der Waals surface area contributed by atoms with Gasteiger partial charge in [-0.05, 0) is 42.5 Å². The summed E-state index contributed by atoms with van der Waals surface area (Å²) in [5, 5.41) is 4.24. The highest BCUT2D eigenvalue weighted by molar-refractivity contribution is 6.30. The predicted octanol–water partition coefficient (Wildman–Crippen LogP) is 2.59. The van der Waals surface area contributed by atoms with Crippen LogP contribution in [0.2, 0.25) is 5.02 Å². The number of nitrogens with one attached hydrogen (secondary N) is 1. The number of hydrogen-bond acceptors (Lipinski definition) is 3. The summed E-state index contributed by atoms with van der Waals surface area (Å²) in [6.45, 7) is 3.23. The van der Waals surface area contributed by atoms with Crippen LogP contribution in [0.3, 0.4) is 0 Å². The van der Waals surface area contributed by atoms with E-state index in [1.165, 1.54) is 24.0 Å². The van der Waals surface area contributed by atoms with Crippen molar-refractivity contribution in [3.63, 3.8) is 0 Å². The van der Waals surface area contributed by atoms with Crippen molar-refractivity contribution >= 4 is 11.6 Å². The van der Waals surface area contributed by atoms with Gasteiger partial charge < -0.3 is 14.8 Å². The van der Waals surface area contributed by atoms with Crippen molar-refractivity contribution < 1.29 is 9.47 Å². The van der Waals surface area contributed by atoms with Gasteiger partial charge in [0.15, 0.2) is 0 Å². The zero-order valence-corrected chi connectivity index (χ0v) is 11.8. The maximum atomic E-state index is 6.13. The summed E-state index contributed by atoms with van der Waals surface area (Å²) in [6, 6.07) is 4.76. The molecule has 19 heavy (non-hydrogen) atoms. The maximum Gasteiger partial charge on any atom is 0.125 e. The number of halogens is 1. The highest BCUT2D eigenvalue weighted by Gasteiger charge is 2.19. The van der Waals surface area contributed by atoms with Crippen molar-refractivity contribution in [1.29, 1.82) is 0 Å². The van der Waals surface area contributed by atoms with Gasteiger partial charge in [0.2, 0.25) is 0 Å². The Morgan fingerprint density at radius 1 is 1.32 bits per heavy atom. The molecular formula is C15H20ClNO2. The van der Waals surface area contributed by atoms with Crippen LogP contribution in [0.4, 0.5) is 0 Å². The van der Waals surface area contributed by atoms with Gasteiger partial charge in [0.1, 0.15) is 5.75 Å². The molecule has 0 unspecified atom stereocenters. The molecule has 0 spiro atoms. The van der Waals surface area contributed by atoms with Gasteiger partial charge in [-0.15, -0.1) is 0 Å². The molecule has 1 aromatic carbocycles. The summed E-state index contributed by atoms with van der Waals surface area (Å²) in [4.78, 5) is 0. The summed E-state index contributed by atoms with van der Waals surface area (Å²) < 4.78 is 11.3. The van der Waals surface area contributed by atoms with Crippen LogP contribution in [-0.2, 0) is 17.6 Å². The van der Waals surface area contributed by atoms with E-state index in [0.29, 0.717) is 0 Å². The first-order chi connectivity index (χ1) is 9.33. The van der Waals surface area contributed by atoms with E-state index >= 15 is 0 Å². The Bertz CT molecular complexity index is 446. The molecule has 1 heterocycles. The second kappa shape index (κ2) is 6.12. The lowest BCUT2D eigenvalue weighted by Gasteiger charge is -2.09. The first kappa shape index (κ1) is 13.2. The van der Waals surface area contributed by atoms with Gasteiger partial charge in [-0.2, -0.15) is 0 Å². The Morgan fingerprint density at radius 3 is 3.05 bits per heavy atom. The molecule has 0 saturated heterocycles. The van der Waals surface area contributed by atoms with Gasteiger partial charge in [0, 0.05) is 24.0 Å². The lowest BCUT2D eigenvalue weighted by atomic mass is 10.1. The SMILES string of the molecule is Clc1cc(CCOCCNC2CC2)c2c(c1)CCO2. The van der Waals surface area contributed by atoms with E-state index in [0.717, 1.165) is 56.0 Å². The second-order valence-corrected chi connectivity index (χ2v) is 5.68. The molecule has 0 amide bonds. The molecular weight excluding hydrogens is 262 g/mol. The zero-order valence-electron chi connectivity index (χ0n) is 11.1. The number of rotatable bonds is 7. The first-order valence-corrected chi connectivity index (χ1v) is 7.46. The minimum absolute atomic E-state index is 0.725. The molecule has 1 saturated carbocycles. The standard InChI is InChI=1S/C15H20ClNO2/c16-13-9-11(15-12(10-13)4-7-19-15)3-6-18-8-5-17-14-1-2-14/h9-10,14,17H,1-8H2. The van der Waals surface area contributed by atoms with Gasteiger partial charge in [-0.25, -0.2) is 0 Å².